The van der Waals surface area contributed by atoms with Crippen LogP contribution in [-0.2, 0) is 6.54 Å². The first-order valence-corrected chi connectivity index (χ1v) is 7.95. The number of rotatable bonds is 8. The number of ether oxygens (including phenoxy) is 1. The number of hydrogen-bond acceptors (Lipinski definition) is 4. The van der Waals surface area contributed by atoms with E-state index >= 15 is 0 Å². The molecule has 0 unspecified atom stereocenters. The van der Waals surface area contributed by atoms with Gasteiger partial charge in [-0.15, -0.1) is 5.10 Å². The number of unbranched alkanes of at least 4 members (excludes halogenated alkanes) is 1. The second-order valence-corrected chi connectivity index (χ2v) is 5.70. The molecule has 0 bridgehead atoms. The fraction of sp³-hybridized carbons (Fsp3) is 0.471. The molecule has 0 N–H and O–H groups in total. The molecule has 22 heavy (non-hydrogen) atoms. The van der Waals surface area contributed by atoms with E-state index < -0.39 is 0 Å². The van der Waals surface area contributed by atoms with Crippen LogP contribution in [0.2, 0.25) is 0 Å². The van der Waals surface area contributed by atoms with Crippen molar-refractivity contribution in [3.05, 3.63) is 41.7 Å². The van der Waals surface area contributed by atoms with Gasteiger partial charge in [0.05, 0.1) is 12.3 Å². The molecule has 0 saturated heterocycles. The van der Waals surface area contributed by atoms with Crippen molar-refractivity contribution < 1.29 is 9.53 Å². The van der Waals surface area contributed by atoms with Gasteiger partial charge in [0.15, 0.2) is 6.29 Å². The lowest BCUT2D eigenvalue weighted by molar-refractivity contribution is 0.111. The monoisotopic (exact) mass is 299 g/mol. The lowest BCUT2D eigenvalue weighted by Gasteiger charge is -2.26. The summed E-state index contributed by atoms with van der Waals surface area (Å²) >= 11 is 0. The molecule has 116 valence electrons. The lowest BCUT2D eigenvalue weighted by atomic mass is 9.82. The number of aryl methyl sites for hydroxylation is 1. The highest BCUT2D eigenvalue weighted by molar-refractivity contribution is 5.73. The number of hydrogen-bond donors (Lipinski definition) is 0. The van der Waals surface area contributed by atoms with Crippen LogP contribution in [0, 0.1) is 0 Å². The zero-order valence-electron chi connectivity index (χ0n) is 12.6. The van der Waals surface area contributed by atoms with Crippen LogP contribution < -0.4 is 4.74 Å². The zero-order chi connectivity index (χ0) is 15.2. The van der Waals surface area contributed by atoms with Crippen molar-refractivity contribution in [2.75, 3.05) is 6.61 Å². The molecule has 1 aliphatic rings. The van der Waals surface area contributed by atoms with Gasteiger partial charge in [-0.1, -0.05) is 29.8 Å². The average Bonchev–Trinajstić information content (AvgIpc) is 2.89. The van der Waals surface area contributed by atoms with Crippen molar-refractivity contribution in [2.45, 2.75) is 44.6 Å². The highest BCUT2D eigenvalue weighted by Gasteiger charge is 2.27. The van der Waals surface area contributed by atoms with Crippen LogP contribution in [0.3, 0.4) is 0 Å². The smallest absolute Gasteiger partial charge is 0.172 e. The van der Waals surface area contributed by atoms with Crippen LogP contribution in [0.5, 0.6) is 5.75 Å². The SMILES string of the molecule is O=Cc1nnn(CCCCOc2ccccc2)c1C1CCC1. The minimum absolute atomic E-state index is 0.468. The number of benzene rings is 1. The Labute approximate surface area is 130 Å². The van der Waals surface area contributed by atoms with E-state index in [1.54, 1.807) is 0 Å². The third-order valence-electron chi connectivity index (χ3n) is 4.18. The lowest BCUT2D eigenvalue weighted by Crippen LogP contribution is -2.17. The molecule has 1 fully saturated rings. The maximum absolute atomic E-state index is 11.1. The van der Waals surface area contributed by atoms with Crippen molar-refractivity contribution in [1.29, 1.82) is 0 Å². The summed E-state index contributed by atoms with van der Waals surface area (Å²) in [4.78, 5) is 11.1. The molecule has 3 rings (SSSR count). The zero-order valence-corrected chi connectivity index (χ0v) is 12.6. The minimum Gasteiger partial charge on any atom is -0.494 e. The molecule has 5 nitrogen and oxygen atoms in total. The van der Waals surface area contributed by atoms with Crippen LogP contribution in [0.15, 0.2) is 30.3 Å². The Kier molecular flexibility index (Phi) is 4.83. The van der Waals surface area contributed by atoms with E-state index in [9.17, 15) is 4.79 Å². The summed E-state index contributed by atoms with van der Waals surface area (Å²) in [6, 6.07) is 9.84. The first-order valence-electron chi connectivity index (χ1n) is 7.95. The van der Waals surface area contributed by atoms with Gasteiger partial charge in [-0.3, -0.25) is 4.79 Å². The highest BCUT2D eigenvalue weighted by atomic mass is 16.5. The molecule has 1 aliphatic carbocycles. The number of para-hydroxylation sites is 1. The fourth-order valence-electron chi connectivity index (χ4n) is 2.75. The molecule has 0 spiro atoms. The summed E-state index contributed by atoms with van der Waals surface area (Å²) in [7, 11) is 0. The number of carbonyl (C=O) groups excluding carboxylic acids is 1. The van der Waals surface area contributed by atoms with Gasteiger partial charge in [-0.25, -0.2) is 4.68 Å². The first-order chi connectivity index (χ1) is 10.9. The predicted molar refractivity (Wildman–Crippen MR) is 83.2 cm³/mol. The Bertz CT molecular complexity index is 606. The van der Waals surface area contributed by atoms with Crippen LogP contribution in [-0.4, -0.2) is 27.9 Å². The van der Waals surface area contributed by atoms with E-state index in [1.807, 2.05) is 35.0 Å². The summed E-state index contributed by atoms with van der Waals surface area (Å²) in [5.41, 5.74) is 1.55. The Morgan fingerprint density at radius 3 is 2.73 bits per heavy atom. The molecule has 0 aliphatic heterocycles. The van der Waals surface area contributed by atoms with E-state index in [2.05, 4.69) is 10.3 Å². The summed E-state index contributed by atoms with van der Waals surface area (Å²) in [6.45, 7) is 1.49. The molecule has 1 heterocycles. The maximum Gasteiger partial charge on any atom is 0.172 e. The summed E-state index contributed by atoms with van der Waals surface area (Å²) < 4.78 is 7.59. The second-order valence-electron chi connectivity index (χ2n) is 5.70. The number of aldehydes is 1. The predicted octanol–water partition coefficient (Wildman–Crippen LogP) is 3.22. The highest BCUT2D eigenvalue weighted by Crippen LogP contribution is 2.37. The van der Waals surface area contributed by atoms with Gasteiger partial charge in [0.25, 0.3) is 0 Å². The van der Waals surface area contributed by atoms with Gasteiger partial charge >= 0.3 is 0 Å². The van der Waals surface area contributed by atoms with Crippen molar-refractivity contribution in [1.82, 2.24) is 15.0 Å². The molecule has 5 heteroatoms. The molecule has 0 radical (unpaired) electrons. The van der Waals surface area contributed by atoms with E-state index in [1.165, 1.54) is 6.42 Å². The minimum atomic E-state index is 0.468. The first kappa shape index (κ1) is 14.8. The van der Waals surface area contributed by atoms with Crippen LogP contribution in [0.4, 0.5) is 0 Å². The molecule has 0 amide bonds. The van der Waals surface area contributed by atoms with Crippen molar-refractivity contribution >= 4 is 6.29 Å². The van der Waals surface area contributed by atoms with Crippen molar-refractivity contribution in [3.63, 3.8) is 0 Å². The van der Waals surface area contributed by atoms with E-state index in [0.717, 1.165) is 50.0 Å². The summed E-state index contributed by atoms with van der Waals surface area (Å²) in [5, 5.41) is 8.14. The van der Waals surface area contributed by atoms with Gasteiger partial charge in [0, 0.05) is 12.5 Å². The van der Waals surface area contributed by atoms with E-state index in [4.69, 9.17) is 4.74 Å². The van der Waals surface area contributed by atoms with Gasteiger partial charge < -0.3 is 4.74 Å². The Morgan fingerprint density at radius 1 is 1.23 bits per heavy atom. The van der Waals surface area contributed by atoms with Gasteiger partial charge in [0.1, 0.15) is 11.4 Å². The molecular weight excluding hydrogens is 278 g/mol. The molecular formula is C17H21N3O2. The Balaban J connectivity index is 1.47. The summed E-state index contributed by atoms with van der Waals surface area (Å²) in [5.74, 6) is 1.37. The number of nitrogens with zero attached hydrogens (tertiary/aromatic N) is 3. The van der Waals surface area contributed by atoms with Gasteiger partial charge in [-0.05, 0) is 37.8 Å². The average molecular weight is 299 g/mol. The Hall–Kier alpha value is -2.17. The number of carbonyl (C=O) groups is 1. The largest absolute Gasteiger partial charge is 0.494 e. The Morgan fingerprint density at radius 2 is 2.05 bits per heavy atom. The van der Waals surface area contributed by atoms with Crippen molar-refractivity contribution in [3.8, 4) is 5.75 Å². The quantitative estimate of drug-likeness (QED) is 0.555. The third kappa shape index (κ3) is 3.35. The van der Waals surface area contributed by atoms with Crippen LogP contribution >= 0.6 is 0 Å². The molecule has 2 aromatic rings. The van der Waals surface area contributed by atoms with Gasteiger partial charge in [-0.2, -0.15) is 0 Å². The van der Waals surface area contributed by atoms with Gasteiger partial charge in [0.2, 0.25) is 0 Å². The van der Waals surface area contributed by atoms with Crippen molar-refractivity contribution in [2.24, 2.45) is 0 Å². The summed E-state index contributed by atoms with van der Waals surface area (Å²) in [6.07, 6.45) is 6.27. The third-order valence-corrected chi connectivity index (χ3v) is 4.18. The number of aromatic nitrogens is 3. The molecule has 1 saturated carbocycles. The standard InChI is InChI=1S/C17H21N3O2/c21-13-16-17(14-7-6-8-14)20(19-18-16)11-4-5-12-22-15-9-2-1-3-10-15/h1-3,9-10,13-14H,4-8,11-12H2. The molecule has 1 aromatic heterocycles. The van der Waals surface area contributed by atoms with E-state index in [0.29, 0.717) is 18.2 Å². The van der Waals surface area contributed by atoms with Crippen LogP contribution in [0.25, 0.3) is 0 Å². The molecule has 0 atom stereocenters. The second kappa shape index (κ2) is 7.20. The fourth-order valence-corrected chi connectivity index (χ4v) is 2.75. The topological polar surface area (TPSA) is 57.0 Å². The van der Waals surface area contributed by atoms with Crippen LogP contribution in [0.1, 0.15) is 54.2 Å². The normalized spacial score (nSPS) is 14.5. The molecule has 1 aromatic carbocycles. The van der Waals surface area contributed by atoms with E-state index in [-0.39, 0.29) is 0 Å². The maximum atomic E-state index is 11.1.